The first-order valence-electron chi connectivity index (χ1n) is 4.56. The molecule has 0 aliphatic rings. The Bertz CT molecular complexity index is 498. The van der Waals surface area contributed by atoms with Crippen LogP contribution < -0.4 is 0 Å². The largest absolute Gasteiger partial charge is 0.460 e. The van der Waals surface area contributed by atoms with Crippen molar-refractivity contribution in [2.75, 3.05) is 0 Å². The molecule has 0 bridgehead atoms. The Morgan fingerprint density at radius 1 is 1.44 bits per heavy atom. The summed E-state index contributed by atoms with van der Waals surface area (Å²) in [6, 6.07) is 6.49. The maximum absolute atomic E-state index is 13.4. The number of rotatable bonds is 4. The van der Waals surface area contributed by atoms with Gasteiger partial charge in [0.15, 0.2) is 0 Å². The van der Waals surface area contributed by atoms with E-state index in [1.807, 2.05) is 0 Å². The van der Waals surface area contributed by atoms with E-state index in [9.17, 15) is 9.18 Å². The number of nitrogens with zero attached hydrogens (tertiary/aromatic N) is 1. The van der Waals surface area contributed by atoms with Crippen LogP contribution >= 0.6 is 11.3 Å². The number of thiazole rings is 1. The normalized spacial score (nSPS) is 10.1. The van der Waals surface area contributed by atoms with Crippen LogP contribution in [-0.4, -0.2) is 11.5 Å². The number of hydrogen-bond acceptors (Lipinski definition) is 4. The number of benzene rings is 1. The summed E-state index contributed by atoms with van der Waals surface area (Å²) in [7, 11) is 0. The highest BCUT2D eigenvalue weighted by atomic mass is 32.1. The average molecular weight is 237 g/mol. The van der Waals surface area contributed by atoms with Gasteiger partial charge in [0.2, 0.25) is 0 Å². The molecule has 0 saturated heterocycles. The molecule has 0 unspecified atom stereocenters. The number of carbonyl (C=O) groups is 1. The van der Waals surface area contributed by atoms with Crippen LogP contribution in [0.2, 0.25) is 0 Å². The van der Waals surface area contributed by atoms with Crippen LogP contribution in [0, 0.1) is 5.82 Å². The average Bonchev–Trinajstić information content (AvgIpc) is 2.75. The van der Waals surface area contributed by atoms with Crippen molar-refractivity contribution in [1.29, 1.82) is 0 Å². The second-order valence-electron chi connectivity index (χ2n) is 3.01. The van der Waals surface area contributed by atoms with E-state index in [0.29, 0.717) is 17.0 Å². The lowest BCUT2D eigenvalue weighted by molar-refractivity contribution is -0.129. The number of hydrogen-bond donors (Lipinski definition) is 0. The summed E-state index contributed by atoms with van der Waals surface area (Å²) in [5.41, 5.74) is 0.511. The molecule has 0 saturated carbocycles. The Balaban J connectivity index is 2.25. The van der Waals surface area contributed by atoms with Gasteiger partial charge >= 0.3 is 0 Å². The molecular formula is C11H8FNO2S. The first kappa shape index (κ1) is 10.8. The molecule has 0 aliphatic carbocycles. The molecule has 2 aromatic rings. The van der Waals surface area contributed by atoms with Crippen LogP contribution in [0.3, 0.4) is 0 Å². The highest BCUT2D eigenvalue weighted by Crippen LogP contribution is 2.28. The minimum absolute atomic E-state index is 0.128. The van der Waals surface area contributed by atoms with Gasteiger partial charge in [-0.25, -0.2) is 9.37 Å². The molecule has 0 radical (unpaired) electrons. The lowest BCUT2D eigenvalue weighted by Gasteiger charge is -1.97. The lowest BCUT2D eigenvalue weighted by Crippen LogP contribution is -1.87. The Morgan fingerprint density at radius 2 is 2.25 bits per heavy atom. The number of aromatic nitrogens is 1. The summed E-state index contributed by atoms with van der Waals surface area (Å²) in [5.74, 6) is -0.283. The Labute approximate surface area is 95.5 Å². The van der Waals surface area contributed by atoms with E-state index in [4.69, 9.17) is 0 Å². The minimum Gasteiger partial charge on any atom is -0.460 e. The lowest BCUT2D eigenvalue weighted by atomic mass is 10.2. The van der Waals surface area contributed by atoms with Crippen molar-refractivity contribution >= 4 is 17.8 Å². The Kier molecular flexibility index (Phi) is 3.26. The first-order chi connectivity index (χ1) is 7.81. The van der Waals surface area contributed by atoms with Crippen molar-refractivity contribution in [2.45, 2.75) is 6.61 Å². The molecule has 0 aliphatic heterocycles. The summed E-state index contributed by atoms with van der Waals surface area (Å²) >= 11 is 1.31. The van der Waals surface area contributed by atoms with Crippen LogP contribution in [-0.2, 0) is 16.1 Å². The quantitative estimate of drug-likeness (QED) is 0.767. The van der Waals surface area contributed by atoms with Gasteiger partial charge in [0.1, 0.15) is 17.4 Å². The van der Waals surface area contributed by atoms with Gasteiger partial charge in [0.25, 0.3) is 6.47 Å². The summed E-state index contributed by atoms with van der Waals surface area (Å²) in [5, 5.41) is 0.644. The minimum atomic E-state index is -0.283. The topological polar surface area (TPSA) is 39.2 Å². The van der Waals surface area contributed by atoms with Crippen molar-refractivity contribution < 1.29 is 13.9 Å². The molecule has 0 spiro atoms. The first-order valence-corrected chi connectivity index (χ1v) is 5.38. The van der Waals surface area contributed by atoms with Crippen LogP contribution in [0.25, 0.3) is 10.4 Å². The molecule has 82 valence electrons. The Morgan fingerprint density at radius 3 is 3.00 bits per heavy atom. The third-order valence-corrected chi connectivity index (χ3v) is 2.97. The highest BCUT2D eigenvalue weighted by Gasteiger charge is 2.08. The van der Waals surface area contributed by atoms with Gasteiger partial charge in [0.05, 0.1) is 4.88 Å². The fourth-order valence-corrected chi connectivity index (χ4v) is 2.13. The SMILES string of the molecule is O=COCc1ncc(-c2ccccc2F)s1. The van der Waals surface area contributed by atoms with Crippen molar-refractivity contribution in [3.8, 4) is 10.4 Å². The van der Waals surface area contributed by atoms with Crippen molar-refractivity contribution in [3.63, 3.8) is 0 Å². The van der Waals surface area contributed by atoms with E-state index < -0.39 is 0 Å². The van der Waals surface area contributed by atoms with E-state index in [2.05, 4.69) is 9.72 Å². The molecule has 1 aromatic carbocycles. The fourth-order valence-electron chi connectivity index (χ4n) is 1.27. The zero-order valence-corrected chi connectivity index (χ0v) is 9.04. The third-order valence-electron chi connectivity index (χ3n) is 1.97. The second-order valence-corrected chi connectivity index (χ2v) is 4.12. The van der Waals surface area contributed by atoms with Crippen molar-refractivity contribution in [1.82, 2.24) is 4.98 Å². The molecule has 3 nitrogen and oxygen atoms in total. The van der Waals surface area contributed by atoms with Crippen LogP contribution in [0.15, 0.2) is 30.5 Å². The third kappa shape index (κ3) is 2.25. The van der Waals surface area contributed by atoms with E-state index >= 15 is 0 Å². The molecular weight excluding hydrogens is 229 g/mol. The van der Waals surface area contributed by atoms with E-state index in [1.54, 1.807) is 24.4 Å². The summed E-state index contributed by atoms with van der Waals surface area (Å²) in [6.07, 6.45) is 1.58. The van der Waals surface area contributed by atoms with Gasteiger partial charge < -0.3 is 4.74 Å². The standard InChI is InChI=1S/C11H8FNO2S/c12-9-4-2-1-3-8(9)10-5-13-11(16-10)6-15-7-14/h1-5,7H,6H2. The van der Waals surface area contributed by atoms with Crippen LogP contribution in [0.5, 0.6) is 0 Å². The number of carbonyl (C=O) groups excluding carboxylic acids is 1. The smallest absolute Gasteiger partial charge is 0.293 e. The zero-order valence-electron chi connectivity index (χ0n) is 8.22. The molecule has 2 rings (SSSR count). The molecule has 5 heteroatoms. The van der Waals surface area contributed by atoms with E-state index in [1.165, 1.54) is 17.4 Å². The van der Waals surface area contributed by atoms with Gasteiger partial charge in [-0.2, -0.15) is 0 Å². The molecule has 1 aromatic heterocycles. The molecule has 16 heavy (non-hydrogen) atoms. The molecule has 1 heterocycles. The van der Waals surface area contributed by atoms with Gasteiger partial charge in [0, 0.05) is 11.8 Å². The van der Waals surface area contributed by atoms with Crippen LogP contribution in [0.4, 0.5) is 4.39 Å². The van der Waals surface area contributed by atoms with Crippen molar-refractivity contribution in [2.24, 2.45) is 0 Å². The number of halogens is 1. The second kappa shape index (κ2) is 4.85. The van der Waals surface area contributed by atoms with Crippen molar-refractivity contribution in [3.05, 3.63) is 41.3 Å². The summed E-state index contributed by atoms with van der Waals surface area (Å²) in [6.45, 7) is 0.493. The molecule has 0 N–H and O–H groups in total. The predicted octanol–water partition coefficient (Wildman–Crippen LogP) is 2.62. The van der Waals surface area contributed by atoms with Gasteiger partial charge in [-0.05, 0) is 6.07 Å². The number of ether oxygens (including phenoxy) is 1. The summed E-state index contributed by atoms with van der Waals surface area (Å²) in [4.78, 5) is 14.8. The van der Waals surface area contributed by atoms with Gasteiger partial charge in [-0.1, -0.05) is 18.2 Å². The molecule has 0 fully saturated rings. The highest BCUT2D eigenvalue weighted by molar-refractivity contribution is 7.15. The van der Waals surface area contributed by atoms with Crippen LogP contribution in [0.1, 0.15) is 5.01 Å². The predicted molar refractivity (Wildman–Crippen MR) is 58.4 cm³/mol. The van der Waals surface area contributed by atoms with E-state index in [0.717, 1.165) is 4.88 Å². The molecule has 0 amide bonds. The van der Waals surface area contributed by atoms with E-state index in [-0.39, 0.29) is 12.4 Å². The Hall–Kier alpha value is -1.75. The maximum Gasteiger partial charge on any atom is 0.293 e. The molecule has 0 atom stereocenters. The monoisotopic (exact) mass is 237 g/mol. The summed E-state index contributed by atoms with van der Waals surface area (Å²) < 4.78 is 18.0. The maximum atomic E-state index is 13.4. The zero-order chi connectivity index (χ0) is 11.4. The van der Waals surface area contributed by atoms with Gasteiger partial charge in [-0.3, -0.25) is 4.79 Å². The van der Waals surface area contributed by atoms with Gasteiger partial charge in [-0.15, -0.1) is 11.3 Å². The fraction of sp³-hybridized carbons (Fsp3) is 0.0909.